The molecule has 3 aromatic rings. The Labute approximate surface area is 153 Å². The number of ether oxygens (including phenoxy) is 2. The Balaban J connectivity index is 1.81. The van der Waals surface area contributed by atoms with Crippen molar-refractivity contribution in [1.82, 2.24) is 14.8 Å². The molecule has 0 amide bonds. The molecule has 0 aliphatic rings. The molecule has 1 aromatic carbocycles. The van der Waals surface area contributed by atoms with Gasteiger partial charge in [-0.3, -0.25) is 4.79 Å². The number of nitrogens with zero attached hydrogens (tertiary/aromatic N) is 4. The van der Waals surface area contributed by atoms with Gasteiger partial charge in [-0.15, -0.1) is 11.3 Å². The molecule has 9 heteroatoms. The molecular formula is C17H15N5O3S. The molecule has 3 rings (SSSR count). The molecule has 0 atom stereocenters. The van der Waals surface area contributed by atoms with Crippen molar-refractivity contribution in [3.8, 4) is 28.1 Å². The van der Waals surface area contributed by atoms with Gasteiger partial charge in [-0.1, -0.05) is 0 Å². The highest BCUT2D eigenvalue weighted by Gasteiger charge is 2.16. The lowest BCUT2D eigenvalue weighted by Crippen LogP contribution is -2.17. The molecular weight excluding hydrogens is 354 g/mol. The van der Waals surface area contributed by atoms with Crippen LogP contribution in [-0.2, 0) is 6.42 Å². The first-order valence-corrected chi connectivity index (χ1v) is 8.39. The number of rotatable bonds is 5. The van der Waals surface area contributed by atoms with Gasteiger partial charge in [0.25, 0.3) is 5.91 Å². The van der Waals surface area contributed by atoms with E-state index in [-0.39, 0.29) is 23.7 Å². The summed E-state index contributed by atoms with van der Waals surface area (Å²) in [6, 6.07) is 7.38. The van der Waals surface area contributed by atoms with Gasteiger partial charge in [0, 0.05) is 10.9 Å². The lowest BCUT2D eigenvalue weighted by molar-refractivity contribution is 0.0900. The Morgan fingerprint density at radius 1 is 1.35 bits per heavy atom. The van der Waals surface area contributed by atoms with Gasteiger partial charge in [-0.2, -0.15) is 15.0 Å². The third-order valence-corrected chi connectivity index (χ3v) is 4.62. The summed E-state index contributed by atoms with van der Waals surface area (Å²) in [7, 11) is 3.14. The highest BCUT2D eigenvalue weighted by Crippen LogP contribution is 2.33. The van der Waals surface area contributed by atoms with Crippen molar-refractivity contribution in [1.29, 1.82) is 5.26 Å². The smallest absolute Gasteiger partial charge is 0.254 e. The largest absolute Gasteiger partial charge is 0.493 e. The fraction of sp³-hybridized carbons (Fsp3) is 0.176. The van der Waals surface area contributed by atoms with Crippen molar-refractivity contribution in [3.05, 3.63) is 41.0 Å². The van der Waals surface area contributed by atoms with E-state index < -0.39 is 0 Å². The number of methoxy groups -OCH3 is 2. The van der Waals surface area contributed by atoms with Gasteiger partial charge in [-0.05, 0) is 18.2 Å². The molecule has 0 aliphatic heterocycles. The van der Waals surface area contributed by atoms with Crippen LogP contribution in [0.1, 0.15) is 16.1 Å². The molecule has 0 saturated carbocycles. The summed E-state index contributed by atoms with van der Waals surface area (Å²) in [6.07, 6.45) is 1.30. The zero-order chi connectivity index (χ0) is 18.7. The molecule has 0 spiro atoms. The Bertz CT molecular complexity index is 1000. The maximum atomic E-state index is 12.3. The number of hydrogen-bond acceptors (Lipinski definition) is 8. The Morgan fingerprint density at radius 3 is 2.77 bits per heavy atom. The van der Waals surface area contributed by atoms with Crippen LogP contribution in [0.2, 0.25) is 0 Å². The maximum absolute atomic E-state index is 12.3. The van der Waals surface area contributed by atoms with Gasteiger partial charge in [-0.25, -0.2) is 4.98 Å². The molecule has 0 aliphatic carbocycles. The number of thiazole rings is 1. The van der Waals surface area contributed by atoms with E-state index in [1.54, 1.807) is 25.7 Å². The van der Waals surface area contributed by atoms with Crippen LogP contribution < -0.4 is 15.2 Å². The molecule has 8 nitrogen and oxygen atoms in total. The van der Waals surface area contributed by atoms with Crippen LogP contribution in [-0.4, -0.2) is 34.9 Å². The average molecular weight is 369 g/mol. The van der Waals surface area contributed by atoms with Crippen molar-refractivity contribution >= 4 is 23.1 Å². The van der Waals surface area contributed by atoms with E-state index in [4.69, 9.17) is 20.5 Å². The minimum atomic E-state index is -0.354. The molecule has 132 valence electrons. The summed E-state index contributed by atoms with van der Waals surface area (Å²) in [5.41, 5.74) is 7.36. The predicted octanol–water partition coefficient (Wildman–Crippen LogP) is 2.36. The van der Waals surface area contributed by atoms with Gasteiger partial charge >= 0.3 is 0 Å². The monoisotopic (exact) mass is 369 g/mol. The van der Waals surface area contributed by atoms with E-state index in [0.29, 0.717) is 17.2 Å². The Kier molecular flexibility index (Phi) is 4.86. The van der Waals surface area contributed by atoms with Crippen molar-refractivity contribution in [3.63, 3.8) is 0 Å². The zero-order valence-corrected chi connectivity index (χ0v) is 14.9. The molecule has 0 saturated heterocycles. The van der Waals surface area contributed by atoms with Crippen LogP contribution in [0.4, 0.5) is 5.82 Å². The summed E-state index contributed by atoms with van der Waals surface area (Å²) in [6.45, 7) is 0. The lowest BCUT2D eigenvalue weighted by Gasteiger charge is -2.08. The number of carbonyl (C=O) groups is 1. The molecule has 2 heterocycles. The van der Waals surface area contributed by atoms with E-state index in [1.807, 2.05) is 18.2 Å². The minimum Gasteiger partial charge on any atom is -0.493 e. The number of carbonyl (C=O) groups excluding carboxylic acids is 1. The fourth-order valence-electron chi connectivity index (χ4n) is 2.36. The molecule has 0 unspecified atom stereocenters. The summed E-state index contributed by atoms with van der Waals surface area (Å²) in [5, 5.41) is 15.3. The highest BCUT2D eigenvalue weighted by atomic mass is 32.1. The van der Waals surface area contributed by atoms with Gasteiger partial charge in [0.1, 0.15) is 22.5 Å². The molecule has 2 N–H and O–H groups in total. The second kappa shape index (κ2) is 7.25. The molecule has 0 fully saturated rings. The average Bonchev–Trinajstić information content (AvgIpc) is 3.27. The van der Waals surface area contributed by atoms with E-state index in [0.717, 1.165) is 15.3 Å². The van der Waals surface area contributed by atoms with E-state index >= 15 is 0 Å². The topological polar surface area (TPSA) is 116 Å². The van der Waals surface area contributed by atoms with Crippen LogP contribution in [0.3, 0.4) is 0 Å². The maximum Gasteiger partial charge on any atom is 0.254 e. The van der Waals surface area contributed by atoms with Gasteiger partial charge < -0.3 is 15.2 Å². The van der Waals surface area contributed by atoms with Crippen molar-refractivity contribution in [2.24, 2.45) is 0 Å². The first-order valence-electron chi connectivity index (χ1n) is 7.51. The summed E-state index contributed by atoms with van der Waals surface area (Å²) < 4.78 is 11.5. The number of nitrogen functional groups attached to an aromatic ring is 1. The van der Waals surface area contributed by atoms with Crippen LogP contribution in [0.5, 0.6) is 11.5 Å². The number of benzene rings is 1. The summed E-state index contributed by atoms with van der Waals surface area (Å²) >= 11 is 1.41. The van der Waals surface area contributed by atoms with Crippen molar-refractivity contribution in [2.75, 3.05) is 20.0 Å². The van der Waals surface area contributed by atoms with Crippen LogP contribution in [0, 0.1) is 11.3 Å². The van der Waals surface area contributed by atoms with Gasteiger partial charge in [0.2, 0.25) is 0 Å². The Hall–Kier alpha value is -3.38. The highest BCUT2D eigenvalue weighted by molar-refractivity contribution is 7.13. The minimum absolute atomic E-state index is 0.0283. The van der Waals surface area contributed by atoms with Gasteiger partial charge in [0.15, 0.2) is 11.5 Å². The first-order chi connectivity index (χ1) is 12.6. The van der Waals surface area contributed by atoms with Crippen LogP contribution >= 0.6 is 11.3 Å². The van der Waals surface area contributed by atoms with Crippen molar-refractivity contribution < 1.29 is 14.3 Å². The standard InChI is InChI=1S/C17H15N5O3S/c1-24-13-4-3-10(5-14(13)25-2)17-21-12(9-26-17)6-15(23)22-16(19)11(7-18)8-20-22/h3-5,8-9H,6,19H2,1-2H3. The van der Waals surface area contributed by atoms with Crippen LogP contribution in [0.15, 0.2) is 29.8 Å². The normalized spacial score (nSPS) is 10.3. The van der Waals surface area contributed by atoms with E-state index in [9.17, 15) is 4.79 Å². The third-order valence-electron chi connectivity index (χ3n) is 3.68. The Morgan fingerprint density at radius 2 is 2.12 bits per heavy atom. The predicted molar refractivity (Wildman–Crippen MR) is 96.3 cm³/mol. The quantitative estimate of drug-likeness (QED) is 0.734. The number of anilines is 1. The van der Waals surface area contributed by atoms with E-state index in [2.05, 4.69) is 10.1 Å². The number of nitrogens with two attached hydrogens (primary N) is 1. The van der Waals surface area contributed by atoms with Crippen molar-refractivity contribution in [2.45, 2.75) is 6.42 Å². The van der Waals surface area contributed by atoms with E-state index in [1.165, 1.54) is 17.5 Å². The first kappa shape index (κ1) is 17.4. The molecule has 2 aromatic heterocycles. The summed E-state index contributed by atoms with van der Waals surface area (Å²) in [5.74, 6) is 0.915. The third kappa shape index (κ3) is 3.22. The molecule has 26 heavy (non-hydrogen) atoms. The number of nitriles is 1. The number of aromatic nitrogens is 3. The molecule has 0 radical (unpaired) electrons. The summed E-state index contributed by atoms with van der Waals surface area (Å²) in [4.78, 5) is 16.8. The second-order valence-electron chi connectivity index (χ2n) is 5.25. The fourth-order valence-corrected chi connectivity index (χ4v) is 3.18. The SMILES string of the molecule is COc1ccc(-c2nc(CC(=O)n3ncc(C#N)c3N)cs2)cc1OC. The molecule has 0 bridgehead atoms. The second-order valence-corrected chi connectivity index (χ2v) is 6.11. The lowest BCUT2D eigenvalue weighted by atomic mass is 10.2. The van der Waals surface area contributed by atoms with Crippen LogP contribution in [0.25, 0.3) is 10.6 Å². The number of hydrogen-bond donors (Lipinski definition) is 1. The van der Waals surface area contributed by atoms with Gasteiger partial charge in [0.05, 0.1) is 32.5 Å². The zero-order valence-electron chi connectivity index (χ0n) is 14.1.